The molecule has 0 aromatic heterocycles. The summed E-state index contributed by atoms with van der Waals surface area (Å²) in [5.41, 5.74) is 6.25. The van der Waals surface area contributed by atoms with Crippen LogP contribution in [0.4, 0.5) is 0 Å². The largest absolute Gasteiger partial charge is 0.475 e. The van der Waals surface area contributed by atoms with Gasteiger partial charge in [-0.2, -0.15) is 0 Å². The highest BCUT2D eigenvalue weighted by molar-refractivity contribution is 7.48. The van der Waals surface area contributed by atoms with E-state index in [9.17, 15) is 0 Å². The Morgan fingerprint density at radius 1 is 0.500 bits per heavy atom. The fraction of sp³-hybridized carbons (Fsp3) is 0.692. The molecule has 0 aromatic rings. The molecule has 0 rings (SSSR count). The molecule has 0 saturated carbocycles. The molecule has 0 aliphatic rings. The second-order valence-corrected chi connectivity index (χ2v) is 15.7. The number of allylic oxidation sites excluding steroid dienone is 3. The number of rotatable bonds is 24. The molecule has 0 heterocycles. The fourth-order valence-electron chi connectivity index (χ4n) is 7.29. The van der Waals surface area contributed by atoms with Gasteiger partial charge in [-0.15, -0.1) is 19.7 Å². The minimum atomic E-state index is -4.13. The lowest BCUT2D eigenvalue weighted by Gasteiger charge is -2.39. The third-order valence-electron chi connectivity index (χ3n) is 8.76. The van der Waals surface area contributed by atoms with E-state index < -0.39 is 26.1 Å². The zero-order valence-electron chi connectivity index (χ0n) is 30.8. The van der Waals surface area contributed by atoms with Gasteiger partial charge in [-0.05, 0) is 97.8 Å². The van der Waals surface area contributed by atoms with Gasteiger partial charge < -0.3 is 0 Å². The minimum absolute atomic E-state index is 0.0454. The van der Waals surface area contributed by atoms with Crippen LogP contribution in [0.3, 0.4) is 0 Å². The van der Waals surface area contributed by atoms with E-state index in [-0.39, 0.29) is 35.5 Å². The van der Waals surface area contributed by atoms with Crippen molar-refractivity contribution >= 4 is 7.82 Å². The highest BCUT2D eigenvalue weighted by Crippen LogP contribution is 2.58. The van der Waals surface area contributed by atoms with E-state index in [0.29, 0.717) is 19.3 Å². The lowest BCUT2D eigenvalue weighted by molar-refractivity contribution is -0.0163. The van der Waals surface area contributed by atoms with Crippen LogP contribution in [0.5, 0.6) is 0 Å². The van der Waals surface area contributed by atoms with Gasteiger partial charge in [0.05, 0.1) is 18.3 Å². The second-order valence-electron chi connectivity index (χ2n) is 14.1. The van der Waals surface area contributed by atoms with Crippen molar-refractivity contribution in [3.8, 4) is 0 Å². The van der Waals surface area contributed by atoms with E-state index in [0.717, 1.165) is 52.7 Å². The monoisotopic (exact) mass is 632 g/mol. The molecule has 0 amide bonds. The molecule has 0 radical (unpaired) electrons. The molecule has 254 valence electrons. The number of hydrogen-bond donors (Lipinski definition) is 0. The molecular formula is C39H69O4P. The average molecular weight is 633 g/mol. The van der Waals surface area contributed by atoms with Gasteiger partial charge in [0.1, 0.15) is 0 Å². The number of phosphoric ester groups is 1. The first kappa shape index (κ1) is 42.6. The SMILES string of the molecule is C=C(C)CC(C)C(C(=C)C)C(CC)OP(=O)(OC(CC)C(C(=C)C)C(C)CC(=C)C)OC(CC)C(C(=C)C)C(C)CC(=C)C. The quantitative estimate of drug-likeness (QED) is 0.0784. The van der Waals surface area contributed by atoms with Crippen LogP contribution in [0.1, 0.15) is 122 Å². The molecule has 5 heteroatoms. The van der Waals surface area contributed by atoms with Crippen molar-refractivity contribution < 1.29 is 18.1 Å². The van der Waals surface area contributed by atoms with Gasteiger partial charge in [0.2, 0.25) is 0 Å². The number of phosphoric acid groups is 1. The maximum absolute atomic E-state index is 15.2. The van der Waals surface area contributed by atoms with Gasteiger partial charge in [-0.1, -0.05) is 94.7 Å². The number of hydrogen-bond acceptors (Lipinski definition) is 4. The van der Waals surface area contributed by atoms with Crippen LogP contribution < -0.4 is 0 Å². The Kier molecular flexibility index (Phi) is 19.3. The van der Waals surface area contributed by atoms with Crippen LogP contribution in [0.15, 0.2) is 72.9 Å². The third kappa shape index (κ3) is 13.9. The Balaban J connectivity index is 7.03. The normalized spacial score (nSPS) is 19.3. The Morgan fingerprint density at radius 3 is 0.841 bits per heavy atom. The summed E-state index contributed by atoms with van der Waals surface area (Å²) in [6, 6.07) is 0. The molecule has 0 spiro atoms. The molecular weight excluding hydrogens is 563 g/mol. The third-order valence-corrected chi connectivity index (χ3v) is 10.3. The van der Waals surface area contributed by atoms with Crippen LogP contribution in [-0.2, 0) is 18.1 Å². The predicted octanol–water partition coefficient (Wildman–Crippen LogP) is 12.9. The first-order valence-corrected chi connectivity index (χ1v) is 18.2. The topological polar surface area (TPSA) is 44.8 Å². The fourth-order valence-corrected chi connectivity index (χ4v) is 9.28. The second kappa shape index (κ2) is 19.9. The summed E-state index contributed by atoms with van der Waals surface area (Å²) < 4.78 is 35.3. The van der Waals surface area contributed by atoms with E-state index >= 15 is 4.57 Å². The summed E-state index contributed by atoms with van der Waals surface area (Å²) in [6.07, 6.45) is 3.15. The van der Waals surface area contributed by atoms with Gasteiger partial charge in [0, 0.05) is 17.8 Å². The molecule has 0 N–H and O–H groups in total. The van der Waals surface area contributed by atoms with Crippen molar-refractivity contribution in [2.24, 2.45) is 35.5 Å². The molecule has 44 heavy (non-hydrogen) atoms. The molecule has 9 atom stereocenters. The van der Waals surface area contributed by atoms with Crippen molar-refractivity contribution in [3.05, 3.63) is 72.9 Å². The molecule has 0 aliphatic heterocycles. The molecule has 0 aliphatic carbocycles. The van der Waals surface area contributed by atoms with Crippen molar-refractivity contribution in [1.82, 2.24) is 0 Å². The van der Waals surface area contributed by atoms with Crippen LogP contribution in [0.2, 0.25) is 0 Å². The predicted molar refractivity (Wildman–Crippen MR) is 194 cm³/mol. The van der Waals surface area contributed by atoms with Gasteiger partial charge in [0.15, 0.2) is 0 Å². The van der Waals surface area contributed by atoms with Crippen LogP contribution >= 0.6 is 7.82 Å². The smallest absolute Gasteiger partial charge is 0.283 e. The summed E-state index contributed by atoms with van der Waals surface area (Å²) in [5, 5.41) is 0. The first-order valence-electron chi connectivity index (χ1n) is 16.8. The van der Waals surface area contributed by atoms with E-state index in [4.69, 9.17) is 13.6 Å². The molecule has 0 aromatic carbocycles. The van der Waals surface area contributed by atoms with Crippen molar-refractivity contribution in [3.63, 3.8) is 0 Å². The molecule has 0 fully saturated rings. The summed E-state index contributed by atoms with van der Waals surface area (Å²) >= 11 is 0. The minimum Gasteiger partial charge on any atom is -0.283 e. The summed E-state index contributed by atoms with van der Waals surface area (Å²) in [4.78, 5) is 0. The maximum Gasteiger partial charge on any atom is 0.475 e. The van der Waals surface area contributed by atoms with Crippen LogP contribution in [0, 0.1) is 35.5 Å². The van der Waals surface area contributed by atoms with Crippen molar-refractivity contribution in [2.45, 2.75) is 140 Å². The average Bonchev–Trinajstić information content (AvgIpc) is 2.85. The maximum atomic E-state index is 15.2. The van der Waals surface area contributed by atoms with Crippen LogP contribution in [-0.4, -0.2) is 18.3 Å². The molecule has 0 saturated heterocycles. The zero-order chi connectivity index (χ0) is 34.5. The van der Waals surface area contributed by atoms with Gasteiger partial charge >= 0.3 is 7.82 Å². The first-order chi connectivity index (χ1) is 20.2. The van der Waals surface area contributed by atoms with Crippen LogP contribution in [0.25, 0.3) is 0 Å². The van der Waals surface area contributed by atoms with Crippen molar-refractivity contribution in [1.29, 1.82) is 0 Å². The summed E-state index contributed by atoms with van der Waals surface area (Å²) in [6.45, 7) is 50.3. The van der Waals surface area contributed by atoms with E-state index in [2.05, 4.69) is 81.0 Å². The van der Waals surface area contributed by atoms with E-state index in [1.165, 1.54) is 0 Å². The zero-order valence-corrected chi connectivity index (χ0v) is 31.7. The van der Waals surface area contributed by atoms with Gasteiger partial charge in [-0.3, -0.25) is 13.6 Å². The molecule has 4 nitrogen and oxygen atoms in total. The summed E-state index contributed by atoms with van der Waals surface area (Å²) in [7, 11) is -4.13. The van der Waals surface area contributed by atoms with Crippen molar-refractivity contribution in [2.75, 3.05) is 0 Å². The highest BCUT2D eigenvalue weighted by Gasteiger charge is 2.43. The molecule has 0 bridgehead atoms. The Bertz CT molecular complexity index is 910. The van der Waals surface area contributed by atoms with E-state index in [1.54, 1.807) is 0 Å². The van der Waals surface area contributed by atoms with E-state index in [1.807, 2.05) is 41.5 Å². The summed E-state index contributed by atoms with van der Waals surface area (Å²) in [5.74, 6) is 0.461. The van der Waals surface area contributed by atoms with Gasteiger partial charge in [0.25, 0.3) is 0 Å². The Labute approximate surface area is 273 Å². The molecule has 9 unspecified atom stereocenters. The highest BCUT2D eigenvalue weighted by atomic mass is 31.2. The van der Waals surface area contributed by atoms with Gasteiger partial charge in [-0.25, -0.2) is 4.57 Å². The lowest BCUT2D eigenvalue weighted by atomic mass is 9.80. The standard InChI is InChI=1S/C39H69O4P/c1-19-34(37(28(10)11)31(16)22-25(4)5)41-44(40,42-35(20-2)38(29(12)13)32(17)23-26(6)7)43-36(21-3)39(30(14)15)33(18)24-27(8)9/h31-39H,4,6,8,10,12,14,19-24H2,1-3,5,7,9,11,13,15-18H3. The Hall–Kier alpha value is -1.45. The lowest BCUT2D eigenvalue weighted by Crippen LogP contribution is -2.35. The Morgan fingerprint density at radius 2 is 0.705 bits per heavy atom.